The third kappa shape index (κ3) is 13.5. The van der Waals surface area contributed by atoms with Crippen LogP contribution in [0, 0.1) is 15.3 Å². The van der Waals surface area contributed by atoms with Gasteiger partial charge in [0.1, 0.15) is 0 Å². The Morgan fingerprint density at radius 3 is 1.34 bits per heavy atom. The van der Waals surface area contributed by atoms with E-state index in [1.54, 1.807) is 37.2 Å². The molecule has 0 radical (unpaired) electrons. The first-order valence-corrected chi connectivity index (χ1v) is 8.50. The van der Waals surface area contributed by atoms with Crippen molar-refractivity contribution in [3.63, 3.8) is 0 Å². The number of aromatic nitrogens is 6. The fourth-order valence-corrected chi connectivity index (χ4v) is 1.74. The van der Waals surface area contributed by atoms with Crippen LogP contribution in [0.3, 0.4) is 0 Å². The maximum atomic E-state index is 8.25. The van der Waals surface area contributed by atoms with Crippen LogP contribution in [-0.4, -0.2) is 43.6 Å². The van der Waals surface area contributed by atoms with E-state index in [1.807, 2.05) is 36.4 Å². The average molecular weight is 487 g/mol. The Labute approximate surface area is 194 Å². The zero-order valence-electron chi connectivity index (χ0n) is 16.7. The van der Waals surface area contributed by atoms with Crippen LogP contribution in [0.15, 0.2) is 73.6 Å². The van der Waals surface area contributed by atoms with E-state index in [0.717, 1.165) is 11.4 Å². The van der Waals surface area contributed by atoms with Gasteiger partial charge in [-0.1, -0.05) is 36.9 Å². The number of pyridine rings is 2. The molecule has 6 N–H and O–H groups in total. The van der Waals surface area contributed by atoms with E-state index < -0.39 is 5.09 Å². The third-order valence-corrected chi connectivity index (χ3v) is 2.88. The molecule has 172 valence electrons. The summed E-state index contributed by atoms with van der Waals surface area (Å²) < 4.78 is 0. The fraction of sp³-hybridized carbons (Fsp3) is 0.111. The number of rotatable bonds is 3. The zero-order valence-corrected chi connectivity index (χ0v) is 17.7. The van der Waals surface area contributed by atoms with Gasteiger partial charge in [0.15, 0.2) is 0 Å². The van der Waals surface area contributed by atoms with Gasteiger partial charge in [0.25, 0.3) is 0 Å². The van der Waals surface area contributed by atoms with Crippen molar-refractivity contribution in [1.82, 2.24) is 29.9 Å². The van der Waals surface area contributed by atoms with Gasteiger partial charge in [0, 0.05) is 25.5 Å². The number of nitrogens with two attached hydrogens (primary N) is 2. The molecule has 13 nitrogen and oxygen atoms in total. The number of hydrogen-bond donors (Lipinski definition) is 2. The summed E-state index contributed by atoms with van der Waals surface area (Å²) in [6.45, 7) is 1.19. The minimum atomic E-state index is -1.75. The monoisotopic (exact) mass is 487 g/mol. The van der Waals surface area contributed by atoms with Crippen molar-refractivity contribution in [1.29, 1.82) is 0 Å². The largest absolute Gasteiger partial charge is 3.00 e. The Hall–Kier alpha value is -3.69. The topological polar surface area (TPSA) is 230 Å². The molecule has 0 aromatic carbocycles. The van der Waals surface area contributed by atoms with E-state index in [1.165, 1.54) is 0 Å². The van der Waals surface area contributed by atoms with Crippen LogP contribution in [0.1, 0.15) is 0 Å². The Kier molecular flexibility index (Phi) is 18.4. The number of nitrogens with zero attached hydrogens (tertiary/aromatic N) is 7. The summed E-state index contributed by atoms with van der Waals surface area (Å²) in [5, 5.41) is 14.8. The molecule has 4 aromatic heterocycles. The van der Waals surface area contributed by atoms with Gasteiger partial charge in [-0.3, -0.25) is 9.97 Å². The van der Waals surface area contributed by atoms with Crippen LogP contribution < -0.4 is 21.4 Å². The van der Waals surface area contributed by atoms with E-state index >= 15 is 0 Å². The van der Waals surface area contributed by atoms with Crippen molar-refractivity contribution in [2.75, 3.05) is 13.1 Å². The third-order valence-electron chi connectivity index (χ3n) is 2.88. The van der Waals surface area contributed by atoms with Crippen molar-refractivity contribution in [3.8, 4) is 23.0 Å². The van der Waals surface area contributed by atoms with Crippen molar-refractivity contribution in [2.24, 2.45) is 11.5 Å². The second kappa shape index (κ2) is 19.3. The minimum Gasteiger partial charge on any atom is -0.441 e. The molecule has 32 heavy (non-hydrogen) atoms. The summed E-state index contributed by atoms with van der Waals surface area (Å²) >= 11 is 0. The molecule has 0 fully saturated rings. The van der Waals surface area contributed by atoms with Crippen LogP contribution in [0.25, 0.3) is 23.0 Å². The first kappa shape index (κ1) is 30.5. The molecule has 14 heteroatoms. The summed E-state index contributed by atoms with van der Waals surface area (Å²) in [7, 11) is 0. The van der Waals surface area contributed by atoms with Crippen LogP contribution in [0.2, 0.25) is 0 Å². The van der Waals surface area contributed by atoms with Crippen LogP contribution in [-0.2, 0) is 16.8 Å². The van der Waals surface area contributed by atoms with E-state index in [2.05, 4.69) is 29.9 Å². The summed E-state index contributed by atoms with van der Waals surface area (Å²) in [4.78, 5) is 32.5. The van der Waals surface area contributed by atoms with Gasteiger partial charge in [0.2, 0.25) is 0 Å². The molecule has 4 aromatic rings. The molecule has 0 atom stereocenters. The molecule has 0 aliphatic heterocycles. The smallest absolute Gasteiger partial charge is 0.441 e. The number of hydrogen-bond acceptors (Lipinski definition) is 9. The predicted octanol–water partition coefficient (Wildman–Crippen LogP) is 0.0391. The molecule has 0 aliphatic carbocycles. The van der Waals surface area contributed by atoms with Gasteiger partial charge in [-0.2, -0.15) is 0 Å². The first-order valence-electron chi connectivity index (χ1n) is 8.50. The first-order chi connectivity index (χ1) is 14.6. The van der Waals surface area contributed by atoms with Crippen molar-refractivity contribution in [3.05, 3.63) is 88.9 Å². The second-order valence-electron chi connectivity index (χ2n) is 4.99. The SMILES string of the molecule is NCCN.O.O=[N+]([O-])[O-].[Co+3].c1ccc(-c2ncc[n-]2)nc1.c1ccc(-c2ncc[n-]2)nc1. The summed E-state index contributed by atoms with van der Waals surface area (Å²) in [6, 6.07) is 11.3. The molecule has 4 rings (SSSR count). The Balaban J connectivity index is 0. The number of imidazole rings is 2. The predicted molar refractivity (Wildman–Crippen MR) is 114 cm³/mol. The maximum Gasteiger partial charge on any atom is 3.00 e. The van der Waals surface area contributed by atoms with E-state index in [0.29, 0.717) is 24.7 Å². The minimum absolute atomic E-state index is 0. The van der Waals surface area contributed by atoms with Gasteiger partial charge in [-0.25, -0.2) is 0 Å². The quantitative estimate of drug-likeness (QED) is 0.289. The maximum absolute atomic E-state index is 8.25. The molecule has 0 spiro atoms. The standard InChI is InChI=1S/2C8H6N3.C2H8N2.Co.NO3.H2O/c2*1-2-4-9-7(3-1)8-10-5-6-11-8;3-1-2-4;;2-1(3)4;/h2*1-6H;1-4H2;;;1H2/q2*-1;;+3;-1;. The zero-order chi connectivity index (χ0) is 22.0. The van der Waals surface area contributed by atoms with Gasteiger partial charge in [0.05, 0.1) is 16.5 Å². The molecule has 0 amide bonds. The van der Waals surface area contributed by atoms with Gasteiger partial charge in [-0.05, 0) is 35.9 Å². The van der Waals surface area contributed by atoms with Crippen LogP contribution >= 0.6 is 0 Å². The molecular formula is C18H22CoN9O4. The molecular weight excluding hydrogens is 465 g/mol. The van der Waals surface area contributed by atoms with Crippen molar-refractivity contribution >= 4 is 0 Å². The average Bonchev–Trinajstić information content (AvgIpc) is 3.50. The van der Waals surface area contributed by atoms with Gasteiger partial charge >= 0.3 is 16.8 Å². The van der Waals surface area contributed by atoms with Crippen molar-refractivity contribution < 1.29 is 27.3 Å². The summed E-state index contributed by atoms with van der Waals surface area (Å²) in [6.07, 6.45) is 10.1. The van der Waals surface area contributed by atoms with Gasteiger partial charge in [-0.15, -0.1) is 0 Å². The molecule has 0 saturated heterocycles. The summed E-state index contributed by atoms with van der Waals surface area (Å²) in [5.74, 6) is 1.37. The second-order valence-corrected chi connectivity index (χ2v) is 4.99. The van der Waals surface area contributed by atoms with E-state index in [9.17, 15) is 0 Å². The van der Waals surface area contributed by atoms with E-state index in [-0.39, 0.29) is 22.3 Å². The molecule has 0 bridgehead atoms. The van der Waals surface area contributed by atoms with E-state index in [4.69, 9.17) is 26.8 Å². The molecule has 0 aliphatic rings. The van der Waals surface area contributed by atoms with Crippen LogP contribution in [0.5, 0.6) is 0 Å². The molecule has 0 unspecified atom stereocenters. The van der Waals surface area contributed by atoms with Crippen molar-refractivity contribution in [2.45, 2.75) is 0 Å². The Morgan fingerprint density at radius 2 is 1.12 bits per heavy atom. The Bertz CT molecular complexity index is 837. The van der Waals surface area contributed by atoms with Gasteiger partial charge < -0.3 is 52.2 Å². The fourth-order valence-electron chi connectivity index (χ4n) is 1.74. The Morgan fingerprint density at radius 1 is 0.750 bits per heavy atom. The summed E-state index contributed by atoms with van der Waals surface area (Å²) in [5.41, 5.74) is 11.4. The molecule has 4 heterocycles. The van der Waals surface area contributed by atoms with Crippen LogP contribution in [0.4, 0.5) is 0 Å². The molecule has 0 saturated carbocycles. The normalized spacial score (nSPS) is 8.44.